The summed E-state index contributed by atoms with van der Waals surface area (Å²) in [6.45, 7) is 0.872. The van der Waals surface area contributed by atoms with Gasteiger partial charge in [0.2, 0.25) is 5.91 Å². The Morgan fingerprint density at radius 1 is 1.00 bits per heavy atom. The van der Waals surface area contributed by atoms with E-state index in [1.54, 1.807) is 0 Å². The predicted octanol–water partition coefficient (Wildman–Crippen LogP) is 2.66. The fourth-order valence-corrected chi connectivity index (χ4v) is 2.20. The Morgan fingerprint density at radius 2 is 1.60 bits per heavy atom. The van der Waals surface area contributed by atoms with Gasteiger partial charge in [-0.3, -0.25) is 4.79 Å². The van der Waals surface area contributed by atoms with Crippen molar-refractivity contribution < 1.29 is 4.79 Å². The summed E-state index contributed by atoms with van der Waals surface area (Å²) in [5, 5.41) is 3.54. The Bertz CT molecular complexity index is 599. The van der Waals surface area contributed by atoms with E-state index in [0.717, 1.165) is 16.7 Å². The van der Waals surface area contributed by atoms with Crippen LogP contribution in [-0.2, 0) is 24.3 Å². The molecule has 0 saturated heterocycles. The van der Waals surface area contributed by atoms with Crippen LogP contribution in [0.15, 0.2) is 48.5 Å². The van der Waals surface area contributed by atoms with Crippen molar-refractivity contribution in [1.29, 1.82) is 0 Å². The number of hydrogen-bond donors (Lipinski definition) is 2. The van der Waals surface area contributed by atoms with Gasteiger partial charge in [0.05, 0.1) is 6.42 Å². The van der Waals surface area contributed by atoms with Gasteiger partial charge in [-0.2, -0.15) is 0 Å². The predicted molar refractivity (Wildman–Crippen MR) is 81.3 cm³/mol. The van der Waals surface area contributed by atoms with Gasteiger partial charge in [-0.15, -0.1) is 0 Å². The number of benzene rings is 2. The molecule has 104 valence electrons. The van der Waals surface area contributed by atoms with Gasteiger partial charge in [0.1, 0.15) is 0 Å². The van der Waals surface area contributed by atoms with Crippen LogP contribution in [0.2, 0.25) is 5.02 Å². The lowest BCUT2D eigenvalue weighted by Crippen LogP contribution is -2.25. The molecule has 0 fully saturated rings. The minimum Gasteiger partial charge on any atom is -0.352 e. The molecular weight excluding hydrogens is 272 g/mol. The molecule has 0 aliphatic carbocycles. The number of halogens is 1. The third-order valence-corrected chi connectivity index (χ3v) is 3.49. The average molecular weight is 289 g/mol. The Hall–Kier alpha value is -1.84. The van der Waals surface area contributed by atoms with Gasteiger partial charge < -0.3 is 11.1 Å². The van der Waals surface area contributed by atoms with E-state index in [4.69, 9.17) is 17.3 Å². The van der Waals surface area contributed by atoms with Crippen LogP contribution in [-0.4, -0.2) is 5.91 Å². The number of rotatable bonds is 5. The maximum absolute atomic E-state index is 12.0. The zero-order valence-electron chi connectivity index (χ0n) is 11.1. The van der Waals surface area contributed by atoms with E-state index in [0.29, 0.717) is 24.5 Å². The fourth-order valence-electron chi connectivity index (χ4n) is 2.00. The molecule has 0 heterocycles. The number of carbonyl (C=O) groups excluding carboxylic acids is 1. The third kappa shape index (κ3) is 3.83. The van der Waals surface area contributed by atoms with Gasteiger partial charge in [0.25, 0.3) is 0 Å². The van der Waals surface area contributed by atoms with E-state index < -0.39 is 0 Å². The van der Waals surface area contributed by atoms with Crippen LogP contribution in [0, 0.1) is 0 Å². The standard InChI is InChI=1S/C16H17ClN2O/c17-15-8-4-3-7-14(15)11-19-16(20)9-12-5-1-2-6-13(12)10-18/h1-8H,9-11,18H2,(H,19,20). The number of carbonyl (C=O) groups is 1. The zero-order valence-corrected chi connectivity index (χ0v) is 11.9. The molecule has 2 rings (SSSR count). The first kappa shape index (κ1) is 14.6. The lowest BCUT2D eigenvalue weighted by atomic mass is 10.0. The maximum atomic E-state index is 12.0. The average Bonchev–Trinajstić information content (AvgIpc) is 2.47. The van der Waals surface area contributed by atoms with E-state index in [1.165, 1.54) is 0 Å². The second kappa shape index (κ2) is 7.08. The first-order chi connectivity index (χ1) is 9.70. The molecular formula is C16H17ClN2O. The molecule has 3 N–H and O–H groups in total. The normalized spacial score (nSPS) is 10.3. The van der Waals surface area contributed by atoms with E-state index in [9.17, 15) is 4.79 Å². The molecule has 2 aromatic carbocycles. The van der Waals surface area contributed by atoms with Gasteiger partial charge in [-0.25, -0.2) is 0 Å². The molecule has 20 heavy (non-hydrogen) atoms. The highest BCUT2D eigenvalue weighted by Crippen LogP contribution is 2.14. The van der Waals surface area contributed by atoms with Crippen molar-refractivity contribution >= 4 is 17.5 Å². The zero-order chi connectivity index (χ0) is 14.4. The van der Waals surface area contributed by atoms with Crippen LogP contribution in [0.5, 0.6) is 0 Å². The first-order valence-electron chi connectivity index (χ1n) is 6.47. The Labute approximate surface area is 123 Å². The van der Waals surface area contributed by atoms with Crippen molar-refractivity contribution in [3.63, 3.8) is 0 Å². The smallest absolute Gasteiger partial charge is 0.224 e. The van der Waals surface area contributed by atoms with Gasteiger partial charge in [0.15, 0.2) is 0 Å². The summed E-state index contributed by atoms with van der Waals surface area (Å²) in [5.41, 5.74) is 8.54. The SMILES string of the molecule is NCc1ccccc1CC(=O)NCc1ccccc1Cl. The van der Waals surface area contributed by atoms with Gasteiger partial charge >= 0.3 is 0 Å². The van der Waals surface area contributed by atoms with Crippen LogP contribution >= 0.6 is 11.6 Å². The van der Waals surface area contributed by atoms with E-state index in [1.807, 2.05) is 48.5 Å². The minimum absolute atomic E-state index is 0.0363. The second-order valence-electron chi connectivity index (χ2n) is 4.52. The quantitative estimate of drug-likeness (QED) is 0.889. The van der Waals surface area contributed by atoms with Gasteiger partial charge in [-0.05, 0) is 22.8 Å². The summed E-state index contributed by atoms with van der Waals surface area (Å²) >= 11 is 6.05. The molecule has 0 unspecified atom stereocenters. The van der Waals surface area contributed by atoms with Crippen molar-refractivity contribution in [1.82, 2.24) is 5.32 Å². The molecule has 0 radical (unpaired) electrons. The van der Waals surface area contributed by atoms with Crippen molar-refractivity contribution in [3.05, 3.63) is 70.2 Å². The summed E-state index contributed by atoms with van der Waals surface area (Å²) < 4.78 is 0. The van der Waals surface area contributed by atoms with E-state index in [-0.39, 0.29) is 5.91 Å². The Balaban J connectivity index is 1.95. The third-order valence-electron chi connectivity index (χ3n) is 3.12. The number of nitrogens with one attached hydrogen (secondary N) is 1. The first-order valence-corrected chi connectivity index (χ1v) is 6.85. The molecule has 4 heteroatoms. The maximum Gasteiger partial charge on any atom is 0.224 e. The molecule has 3 nitrogen and oxygen atoms in total. The van der Waals surface area contributed by atoms with Gasteiger partial charge in [-0.1, -0.05) is 54.1 Å². The van der Waals surface area contributed by atoms with Crippen LogP contribution in [0.4, 0.5) is 0 Å². The Kier molecular flexibility index (Phi) is 5.16. The molecule has 0 aliphatic rings. The molecule has 1 amide bonds. The molecule has 0 spiro atoms. The number of amides is 1. The second-order valence-corrected chi connectivity index (χ2v) is 4.92. The lowest BCUT2D eigenvalue weighted by Gasteiger charge is -2.09. The van der Waals surface area contributed by atoms with Gasteiger partial charge in [0, 0.05) is 18.1 Å². The summed E-state index contributed by atoms with van der Waals surface area (Å²) in [6, 6.07) is 15.2. The van der Waals surface area contributed by atoms with Crippen molar-refractivity contribution in [2.75, 3.05) is 0 Å². The topological polar surface area (TPSA) is 55.1 Å². The number of nitrogens with two attached hydrogens (primary N) is 1. The molecule has 0 bridgehead atoms. The van der Waals surface area contributed by atoms with Crippen LogP contribution in [0.1, 0.15) is 16.7 Å². The molecule has 0 aromatic heterocycles. The minimum atomic E-state index is -0.0363. The van der Waals surface area contributed by atoms with Crippen molar-refractivity contribution in [2.45, 2.75) is 19.5 Å². The van der Waals surface area contributed by atoms with Crippen molar-refractivity contribution in [2.24, 2.45) is 5.73 Å². The van der Waals surface area contributed by atoms with Crippen LogP contribution < -0.4 is 11.1 Å². The van der Waals surface area contributed by atoms with Crippen molar-refractivity contribution in [3.8, 4) is 0 Å². The monoisotopic (exact) mass is 288 g/mol. The molecule has 0 atom stereocenters. The highest BCUT2D eigenvalue weighted by molar-refractivity contribution is 6.31. The van der Waals surface area contributed by atoms with E-state index >= 15 is 0 Å². The summed E-state index contributed by atoms with van der Waals surface area (Å²) in [6.07, 6.45) is 0.331. The highest BCUT2D eigenvalue weighted by atomic mass is 35.5. The molecule has 2 aromatic rings. The summed E-state index contributed by atoms with van der Waals surface area (Å²) in [7, 11) is 0. The fraction of sp³-hybridized carbons (Fsp3) is 0.188. The van der Waals surface area contributed by atoms with Crippen LogP contribution in [0.25, 0.3) is 0 Å². The Morgan fingerprint density at radius 3 is 2.25 bits per heavy atom. The molecule has 0 aliphatic heterocycles. The largest absolute Gasteiger partial charge is 0.352 e. The van der Waals surface area contributed by atoms with Crippen LogP contribution in [0.3, 0.4) is 0 Å². The molecule has 0 saturated carbocycles. The van der Waals surface area contributed by atoms with E-state index in [2.05, 4.69) is 5.32 Å². The highest BCUT2D eigenvalue weighted by Gasteiger charge is 2.07. The summed E-state index contributed by atoms with van der Waals surface area (Å²) in [4.78, 5) is 12.0. The number of hydrogen-bond acceptors (Lipinski definition) is 2. The summed E-state index contributed by atoms with van der Waals surface area (Å²) in [5.74, 6) is -0.0363. The lowest BCUT2D eigenvalue weighted by molar-refractivity contribution is -0.120.